The highest BCUT2D eigenvalue weighted by atomic mass is 35.5. The van der Waals surface area contributed by atoms with Gasteiger partial charge < -0.3 is 19.9 Å². The summed E-state index contributed by atoms with van der Waals surface area (Å²) >= 11 is 6.05. The number of H-pyrrole nitrogens is 1. The van der Waals surface area contributed by atoms with Gasteiger partial charge in [-0.3, -0.25) is 5.10 Å². The number of aliphatic carboxylic acids is 1. The highest BCUT2D eigenvalue weighted by Gasteiger charge is 2.38. The van der Waals surface area contributed by atoms with Gasteiger partial charge in [-0.15, -0.1) is 0 Å². The lowest BCUT2D eigenvalue weighted by molar-refractivity contribution is -0.192. The first kappa shape index (κ1) is 22.3. The van der Waals surface area contributed by atoms with Crippen LogP contribution in [0.5, 0.6) is 11.5 Å². The number of hydrogen-bond acceptors (Lipinski definition) is 5. The second kappa shape index (κ2) is 8.76. The largest absolute Gasteiger partial charge is 0.493 e. The molecule has 0 saturated carbocycles. The molecule has 0 spiro atoms. The molecule has 1 aromatic heterocycles. The molecule has 11 heteroatoms. The Morgan fingerprint density at radius 2 is 1.84 bits per heavy atom. The highest BCUT2D eigenvalue weighted by molar-refractivity contribution is 6.30. The normalized spacial score (nSPS) is 11.7. The van der Waals surface area contributed by atoms with Gasteiger partial charge in [0.1, 0.15) is 0 Å². The van der Waals surface area contributed by atoms with E-state index in [9.17, 15) is 13.2 Å². The number of aromatic amines is 1. The number of carboxylic acids is 1. The van der Waals surface area contributed by atoms with Crippen LogP contribution in [-0.2, 0) is 11.2 Å². The SMILES string of the molecule is COc1cc2c(cc1OC)-c1[nH]nc(Nc3cccc(Cl)c3)c1C2.O=C(O)C(F)(F)F. The molecule has 3 N–H and O–H groups in total. The van der Waals surface area contributed by atoms with E-state index >= 15 is 0 Å². The first-order chi connectivity index (χ1) is 14.6. The predicted octanol–water partition coefficient (Wildman–Crippen LogP) is 5.03. The smallest absolute Gasteiger partial charge is 0.490 e. The van der Waals surface area contributed by atoms with Crippen molar-refractivity contribution < 1.29 is 32.5 Å². The predicted molar refractivity (Wildman–Crippen MR) is 108 cm³/mol. The van der Waals surface area contributed by atoms with Crippen LogP contribution in [0.3, 0.4) is 0 Å². The van der Waals surface area contributed by atoms with Crippen molar-refractivity contribution in [1.82, 2.24) is 10.2 Å². The third kappa shape index (κ3) is 4.85. The quantitative estimate of drug-likeness (QED) is 0.399. The van der Waals surface area contributed by atoms with Gasteiger partial charge in [-0.2, -0.15) is 18.3 Å². The minimum Gasteiger partial charge on any atom is -0.493 e. The lowest BCUT2D eigenvalue weighted by Crippen LogP contribution is -2.21. The minimum absolute atomic E-state index is 0.685. The molecule has 31 heavy (non-hydrogen) atoms. The van der Waals surface area contributed by atoms with Crippen molar-refractivity contribution in [1.29, 1.82) is 0 Å². The van der Waals surface area contributed by atoms with Crippen LogP contribution in [0, 0.1) is 0 Å². The molecule has 0 bridgehead atoms. The summed E-state index contributed by atoms with van der Waals surface area (Å²) in [7, 11) is 3.28. The molecule has 0 saturated heterocycles. The van der Waals surface area contributed by atoms with Gasteiger partial charge in [-0.25, -0.2) is 4.79 Å². The Bertz CT molecular complexity index is 1120. The molecule has 7 nitrogen and oxygen atoms in total. The van der Waals surface area contributed by atoms with Gasteiger partial charge in [0.05, 0.1) is 19.9 Å². The third-order valence-corrected chi connectivity index (χ3v) is 4.68. The fraction of sp³-hybridized carbons (Fsp3) is 0.200. The number of methoxy groups -OCH3 is 2. The number of benzene rings is 2. The van der Waals surface area contributed by atoms with Gasteiger partial charge in [-0.05, 0) is 35.9 Å². The van der Waals surface area contributed by atoms with E-state index in [1.54, 1.807) is 14.2 Å². The number of aromatic nitrogens is 2. The van der Waals surface area contributed by atoms with Crippen LogP contribution in [0.4, 0.5) is 24.7 Å². The highest BCUT2D eigenvalue weighted by Crippen LogP contribution is 2.44. The van der Waals surface area contributed by atoms with Crippen molar-refractivity contribution in [3.63, 3.8) is 0 Å². The Morgan fingerprint density at radius 1 is 1.19 bits per heavy atom. The molecule has 0 amide bonds. The number of carboxylic acid groups (broad SMARTS) is 1. The van der Waals surface area contributed by atoms with Crippen LogP contribution in [0.25, 0.3) is 11.3 Å². The van der Waals surface area contributed by atoms with Crippen molar-refractivity contribution >= 4 is 29.1 Å². The third-order valence-electron chi connectivity index (χ3n) is 4.44. The first-order valence-corrected chi connectivity index (χ1v) is 9.17. The summed E-state index contributed by atoms with van der Waals surface area (Å²) in [4.78, 5) is 8.90. The van der Waals surface area contributed by atoms with Gasteiger partial charge in [0.15, 0.2) is 17.3 Å². The summed E-state index contributed by atoms with van der Waals surface area (Å²) in [6.45, 7) is 0. The summed E-state index contributed by atoms with van der Waals surface area (Å²) in [5.41, 5.74) is 5.32. The topological polar surface area (TPSA) is 96.5 Å². The average Bonchev–Trinajstić information content (AvgIpc) is 3.26. The average molecular weight is 456 g/mol. The van der Waals surface area contributed by atoms with Gasteiger partial charge in [0.25, 0.3) is 0 Å². The van der Waals surface area contributed by atoms with E-state index < -0.39 is 12.1 Å². The molecule has 0 radical (unpaired) electrons. The molecule has 2 aromatic carbocycles. The van der Waals surface area contributed by atoms with Crippen LogP contribution in [-0.4, -0.2) is 41.7 Å². The number of halogens is 4. The van der Waals surface area contributed by atoms with E-state index in [1.165, 1.54) is 5.56 Å². The standard InChI is InChI=1S/C18H16ClN3O2.C2HF3O2/c1-23-15-7-10-6-14-17(13(10)9-16(15)24-2)21-22-18(14)20-12-5-3-4-11(19)8-12;3-2(4,5)1(6)7/h3-5,7-9H,6H2,1-2H3,(H2,20,21,22);(H,6,7). The van der Waals surface area contributed by atoms with E-state index in [2.05, 4.69) is 15.5 Å². The number of nitrogens with one attached hydrogen (secondary N) is 2. The summed E-state index contributed by atoms with van der Waals surface area (Å²) in [5.74, 6) is -0.504. The molecule has 0 atom stereocenters. The van der Waals surface area contributed by atoms with Crippen LogP contribution in [0.1, 0.15) is 11.1 Å². The Balaban J connectivity index is 0.000000339. The molecule has 4 rings (SSSR count). The molecule has 0 aliphatic heterocycles. The van der Waals surface area contributed by atoms with Gasteiger partial charge in [0, 0.05) is 28.3 Å². The van der Waals surface area contributed by atoms with Crippen molar-refractivity contribution in [2.24, 2.45) is 0 Å². The number of ether oxygens (including phenoxy) is 2. The molecule has 0 fully saturated rings. The summed E-state index contributed by atoms with van der Waals surface area (Å²) in [5, 5.41) is 18.7. The van der Waals surface area contributed by atoms with Crippen molar-refractivity contribution in [3.8, 4) is 22.8 Å². The maximum absolute atomic E-state index is 10.6. The lowest BCUT2D eigenvalue weighted by atomic mass is 10.1. The van der Waals surface area contributed by atoms with E-state index in [0.29, 0.717) is 10.8 Å². The number of carbonyl (C=O) groups is 1. The fourth-order valence-electron chi connectivity index (χ4n) is 3.06. The second-order valence-corrected chi connectivity index (χ2v) is 6.84. The van der Waals surface area contributed by atoms with Gasteiger partial charge in [0.2, 0.25) is 0 Å². The zero-order chi connectivity index (χ0) is 22.8. The van der Waals surface area contributed by atoms with Crippen LogP contribution >= 0.6 is 11.6 Å². The number of anilines is 2. The van der Waals surface area contributed by atoms with Crippen molar-refractivity contribution in [3.05, 3.63) is 52.5 Å². The lowest BCUT2D eigenvalue weighted by Gasteiger charge is -2.10. The Labute approximate surface area is 179 Å². The molecule has 3 aromatic rings. The van der Waals surface area contributed by atoms with Crippen molar-refractivity contribution in [2.45, 2.75) is 12.6 Å². The fourth-order valence-corrected chi connectivity index (χ4v) is 3.25. The van der Waals surface area contributed by atoms with E-state index in [0.717, 1.165) is 40.5 Å². The van der Waals surface area contributed by atoms with Crippen molar-refractivity contribution in [2.75, 3.05) is 19.5 Å². The molecule has 1 heterocycles. The Morgan fingerprint density at radius 3 is 2.42 bits per heavy atom. The summed E-state index contributed by atoms with van der Waals surface area (Å²) in [6, 6.07) is 11.6. The summed E-state index contributed by atoms with van der Waals surface area (Å²) < 4.78 is 42.5. The number of rotatable bonds is 4. The molecule has 164 valence electrons. The maximum Gasteiger partial charge on any atom is 0.490 e. The number of hydrogen-bond donors (Lipinski definition) is 3. The van der Waals surface area contributed by atoms with E-state index in [4.69, 9.17) is 31.0 Å². The first-order valence-electron chi connectivity index (χ1n) is 8.79. The number of alkyl halides is 3. The van der Waals surface area contributed by atoms with E-state index in [1.807, 2.05) is 36.4 Å². The summed E-state index contributed by atoms with van der Waals surface area (Å²) in [6.07, 6.45) is -4.30. The van der Waals surface area contributed by atoms with Gasteiger partial charge in [-0.1, -0.05) is 17.7 Å². The molecular weight excluding hydrogens is 439 g/mol. The monoisotopic (exact) mass is 455 g/mol. The Kier molecular flexibility index (Phi) is 6.30. The second-order valence-electron chi connectivity index (χ2n) is 6.41. The molecular formula is C20H17ClF3N3O4. The number of nitrogens with zero attached hydrogens (tertiary/aromatic N) is 1. The minimum atomic E-state index is -5.08. The van der Waals surface area contributed by atoms with Gasteiger partial charge >= 0.3 is 12.1 Å². The molecule has 1 aliphatic rings. The van der Waals surface area contributed by atoms with Crippen LogP contribution in [0.2, 0.25) is 5.02 Å². The Hall–Kier alpha value is -3.40. The number of fused-ring (bicyclic) bond motifs is 3. The zero-order valence-electron chi connectivity index (χ0n) is 16.3. The van der Waals surface area contributed by atoms with E-state index in [-0.39, 0.29) is 0 Å². The zero-order valence-corrected chi connectivity index (χ0v) is 17.1. The van der Waals surface area contributed by atoms with Crippen LogP contribution < -0.4 is 14.8 Å². The molecule has 1 aliphatic carbocycles. The van der Waals surface area contributed by atoms with Crippen LogP contribution in [0.15, 0.2) is 36.4 Å². The molecule has 0 unspecified atom stereocenters. The maximum atomic E-state index is 10.6.